The lowest BCUT2D eigenvalue weighted by Crippen LogP contribution is -2.15. The number of hydrogen-bond donors (Lipinski definition) is 1. The third-order valence-corrected chi connectivity index (χ3v) is 6.03. The molecule has 3 heterocycles. The Morgan fingerprint density at radius 3 is 2.68 bits per heavy atom. The summed E-state index contributed by atoms with van der Waals surface area (Å²) in [7, 11) is 0. The Labute approximate surface area is 182 Å². The lowest BCUT2D eigenvalue weighted by Gasteiger charge is -2.03. The molecule has 0 unspecified atom stereocenters. The second-order valence-corrected chi connectivity index (χ2v) is 8.17. The number of pyridine rings is 1. The number of anilines is 1. The van der Waals surface area contributed by atoms with E-state index in [0.29, 0.717) is 38.9 Å². The van der Waals surface area contributed by atoms with E-state index in [-0.39, 0.29) is 5.91 Å². The van der Waals surface area contributed by atoms with Crippen LogP contribution in [0.3, 0.4) is 0 Å². The number of thiophene rings is 1. The van der Waals surface area contributed by atoms with Crippen molar-refractivity contribution in [2.45, 2.75) is 27.7 Å². The standard InChI is InChI=1S/C22H19N7OS/c1-11-9-12(2)25-21-17(11)18(24)20(31-21)22(30)29-14(4)19(13(3)28-29)27-26-16-8-6-5-7-15(16)10-23/h5-9H,24H2,1-4H3. The Morgan fingerprint density at radius 1 is 1.19 bits per heavy atom. The highest BCUT2D eigenvalue weighted by atomic mass is 32.1. The molecule has 8 nitrogen and oxygen atoms in total. The van der Waals surface area contributed by atoms with Crippen LogP contribution in [-0.2, 0) is 0 Å². The van der Waals surface area contributed by atoms with E-state index in [9.17, 15) is 10.1 Å². The number of nitrogens with zero attached hydrogens (tertiary/aromatic N) is 6. The molecule has 0 atom stereocenters. The van der Waals surface area contributed by atoms with E-state index in [2.05, 4.69) is 26.4 Å². The molecule has 0 aliphatic rings. The molecule has 0 saturated carbocycles. The molecule has 0 saturated heterocycles. The number of azo groups is 1. The highest BCUT2D eigenvalue weighted by molar-refractivity contribution is 7.21. The van der Waals surface area contributed by atoms with Gasteiger partial charge in [-0.05, 0) is 51.5 Å². The molecular formula is C22H19N7OS. The van der Waals surface area contributed by atoms with Gasteiger partial charge < -0.3 is 5.73 Å². The van der Waals surface area contributed by atoms with Crippen molar-refractivity contribution in [2.24, 2.45) is 10.2 Å². The molecule has 0 aliphatic carbocycles. The van der Waals surface area contributed by atoms with Crippen LogP contribution in [0.2, 0.25) is 0 Å². The van der Waals surface area contributed by atoms with E-state index in [4.69, 9.17) is 5.73 Å². The van der Waals surface area contributed by atoms with Crippen LogP contribution in [0.1, 0.15) is 37.9 Å². The predicted molar refractivity (Wildman–Crippen MR) is 120 cm³/mol. The van der Waals surface area contributed by atoms with Crippen molar-refractivity contribution in [3.8, 4) is 6.07 Å². The molecule has 1 aromatic carbocycles. The van der Waals surface area contributed by atoms with E-state index >= 15 is 0 Å². The van der Waals surface area contributed by atoms with Gasteiger partial charge in [0.05, 0.1) is 22.6 Å². The zero-order valence-electron chi connectivity index (χ0n) is 17.5. The van der Waals surface area contributed by atoms with Crippen molar-refractivity contribution in [3.63, 3.8) is 0 Å². The number of aryl methyl sites for hydroxylation is 3. The van der Waals surface area contributed by atoms with Crippen LogP contribution in [0.4, 0.5) is 17.1 Å². The smallest absolute Gasteiger partial charge is 0.290 e. The van der Waals surface area contributed by atoms with Gasteiger partial charge >= 0.3 is 0 Å². The molecule has 0 spiro atoms. The topological polar surface area (TPSA) is 122 Å². The molecule has 3 aromatic heterocycles. The van der Waals surface area contributed by atoms with E-state index < -0.39 is 0 Å². The van der Waals surface area contributed by atoms with E-state index in [1.807, 2.05) is 19.9 Å². The highest BCUT2D eigenvalue weighted by Crippen LogP contribution is 2.36. The van der Waals surface area contributed by atoms with Crippen LogP contribution >= 0.6 is 11.3 Å². The number of carbonyl (C=O) groups excluding carboxylic acids is 1. The van der Waals surface area contributed by atoms with E-state index in [1.54, 1.807) is 38.1 Å². The van der Waals surface area contributed by atoms with Gasteiger partial charge in [-0.1, -0.05) is 12.1 Å². The van der Waals surface area contributed by atoms with Crippen molar-refractivity contribution in [1.82, 2.24) is 14.8 Å². The summed E-state index contributed by atoms with van der Waals surface area (Å²) in [4.78, 5) is 18.9. The molecule has 0 radical (unpaired) electrons. The predicted octanol–water partition coefficient (Wildman–Crippen LogP) is 5.28. The summed E-state index contributed by atoms with van der Waals surface area (Å²) in [5.74, 6) is -0.336. The first-order valence-corrected chi connectivity index (χ1v) is 10.3. The van der Waals surface area contributed by atoms with Gasteiger partial charge in [-0.25, -0.2) is 4.98 Å². The van der Waals surface area contributed by atoms with Crippen LogP contribution in [0, 0.1) is 39.0 Å². The lowest BCUT2D eigenvalue weighted by molar-refractivity contribution is 0.0947. The third-order valence-electron chi connectivity index (χ3n) is 4.95. The molecule has 0 fully saturated rings. The molecule has 0 amide bonds. The summed E-state index contributed by atoms with van der Waals surface area (Å²) in [6.07, 6.45) is 0. The average Bonchev–Trinajstić information content (AvgIpc) is 3.22. The zero-order valence-corrected chi connectivity index (χ0v) is 18.3. The highest BCUT2D eigenvalue weighted by Gasteiger charge is 2.24. The number of nitrogens with two attached hydrogens (primary N) is 1. The van der Waals surface area contributed by atoms with Crippen molar-refractivity contribution in [2.75, 3.05) is 5.73 Å². The molecule has 0 bridgehead atoms. The lowest BCUT2D eigenvalue weighted by atomic mass is 10.1. The van der Waals surface area contributed by atoms with E-state index in [1.165, 1.54) is 16.0 Å². The minimum Gasteiger partial charge on any atom is -0.397 e. The number of nitrogen functional groups attached to an aromatic ring is 1. The van der Waals surface area contributed by atoms with Crippen molar-refractivity contribution >= 4 is 44.5 Å². The Morgan fingerprint density at radius 2 is 1.94 bits per heavy atom. The molecule has 9 heteroatoms. The molecule has 154 valence electrons. The van der Waals surface area contributed by atoms with Crippen molar-refractivity contribution in [3.05, 3.63) is 63.4 Å². The Kier molecular flexibility index (Phi) is 5.09. The average molecular weight is 430 g/mol. The second-order valence-electron chi connectivity index (χ2n) is 7.17. The molecular weight excluding hydrogens is 410 g/mol. The molecule has 4 rings (SSSR count). The summed E-state index contributed by atoms with van der Waals surface area (Å²) in [6.45, 7) is 7.37. The van der Waals surface area contributed by atoms with Crippen LogP contribution in [0.25, 0.3) is 10.2 Å². The van der Waals surface area contributed by atoms with Crippen molar-refractivity contribution < 1.29 is 4.79 Å². The van der Waals surface area contributed by atoms with Gasteiger partial charge in [0.2, 0.25) is 0 Å². The fraction of sp³-hybridized carbons (Fsp3) is 0.182. The first-order valence-electron chi connectivity index (χ1n) is 9.49. The van der Waals surface area contributed by atoms with Crippen LogP contribution in [0.5, 0.6) is 0 Å². The number of aromatic nitrogens is 3. The largest absolute Gasteiger partial charge is 0.397 e. The van der Waals surface area contributed by atoms with Crippen molar-refractivity contribution in [1.29, 1.82) is 5.26 Å². The molecule has 2 N–H and O–H groups in total. The Balaban J connectivity index is 1.76. The number of nitriles is 1. The molecule has 31 heavy (non-hydrogen) atoms. The summed E-state index contributed by atoms with van der Waals surface area (Å²) < 4.78 is 1.29. The number of fused-ring (bicyclic) bond motifs is 1. The maximum Gasteiger partial charge on any atom is 0.290 e. The van der Waals surface area contributed by atoms with Gasteiger partial charge in [0.25, 0.3) is 5.91 Å². The number of rotatable bonds is 3. The third kappa shape index (κ3) is 3.47. The first-order chi connectivity index (χ1) is 14.8. The normalized spacial score (nSPS) is 11.3. The zero-order chi connectivity index (χ0) is 22.3. The molecule has 4 aromatic rings. The SMILES string of the molecule is Cc1cc(C)c2c(N)c(C(=O)n3nc(C)c(N=Nc4ccccc4C#N)c3C)sc2n1. The quantitative estimate of drug-likeness (QED) is 0.444. The van der Waals surface area contributed by atoms with Gasteiger partial charge in [-0.15, -0.1) is 21.6 Å². The minimum atomic E-state index is -0.336. The van der Waals surface area contributed by atoms with Gasteiger partial charge in [0.15, 0.2) is 0 Å². The van der Waals surface area contributed by atoms with Crippen LogP contribution < -0.4 is 5.73 Å². The minimum absolute atomic E-state index is 0.336. The summed E-state index contributed by atoms with van der Waals surface area (Å²) in [6, 6.07) is 11.0. The second kappa shape index (κ2) is 7.74. The fourth-order valence-corrected chi connectivity index (χ4v) is 4.60. The van der Waals surface area contributed by atoms with Crippen LogP contribution in [0.15, 0.2) is 40.6 Å². The number of benzene rings is 1. The van der Waals surface area contributed by atoms with Gasteiger partial charge in [0, 0.05) is 11.1 Å². The summed E-state index contributed by atoms with van der Waals surface area (Å²) >= 11 is 1.26. The fourth-order valence-electron chi connectivity index (χ4n) is 3.46. The Hall–Kier alpha value is -3.90. The maximum atomic E-state index is 13.3. The first kappa shape index (κ1) is 20.4. The maximum absolute atomic E-state index is 13.3. The monoisotopic (exact) mass is 429 g/mol. The van der Waals surface area contributed by atoms with Crippen LogP contribution in [-0.4, -0.2) is 20.7 Å². The Bertz CT molecular complexity index is 1420. The van der Waals surface area contributed by atoms with Gasteiger partial charge in [-0.2, -0.15) is 15.0 Å². The van der Waals surface area contributed by atoms with Gasteiger partial charge in [-0.3, -0.25) is 4.79 Å². The molecule has 0 aliphatic heterocycles. The number of carbonyl (C=O) groups is 1. The summed E-state index contributed by atoms with van der Waals surface area (Å²) in [5, 5.41) is 22.9. The van der Waals surface area contributed by atoms with E-state index in [0.717, 1.165) is 21.5 Å². The summed E-state index contributed by atoms with van der Waals surface area (Å²) in [5.41, 5.74) is 11.0. The number of hydrogen-bond acceptors (Lipinski definition) is 8. The van der Waals surface area contributed by atoms with Gasteiger partial charge in [0.1, 0.15) is 27.2 Å².